The van der Waals surface area contributed by atoms with Crippen LogP contribution in [0.5, 0.6) is 0 Å². The zero-order valence-electron chi connectivity index (χ0n) is 14.0. The van der Waals surface area contributed by atoms with Crippen molar-refractivity contribution >= 4 is 11.9 Å². The zero-order valence-corrected chi connectivity index (χ0v) is 14.0. The van der Waals surface area contributed by atoms with Gasteiger partial charge in [0.05, 0.1) is 0 Å². The summed E-state index contributed by atoms with van der Waals surface area (Å²) in [5.41, 5.74) is -3.85. The average molecular weight is 307 g/mol. The standard InChI is InChI=1S/C17H25NO4/c1-15(2,3)18(16(4,5)6)13(19)17(22,14(20)21)12-10-8-7-9-11-12/h7-11,22H,1-6H3,(H,20,21). The van der Waals surface area contributed by atoms with Crippen LogP contribution in [0.3, 0.4) is 0 Å². The minimum absolute atomic E-state index is 0.0472. The van der Waals surface area contributed by atoms with Gasteiger partial charge in [-0.15, -0.1) is 0 Å². The van der Waals surface area contributed by atoms with Crippen molar-refractivity contribution in [2.24, 2.45) is 0 Å². The lowest BCUT2D eigenvalue weighted by molar-refractivity contribution is -0.180. The second-order valence-electron chi connectivity index (χ2n) is 7.36. The number of hydrogen-bond acceptors (Lipinski definition) is 3. The van der Waals surface area contributed by atoms with Gasteiger partial charge in [0.1, 0.15) is 0 Å². The van der Waals surface area contributed by atoms with Crippen LogP contribution >= 0.6 is 0 Å². The Balaban J connectivity index is 3.50. The number of carboxylic acids is 1. The zero-order chi connectivity index (χ0) is 17.3. The van der Waals surface area contributed by atoms with Crippen molar-refractivity contribution in [1.82, 2.24) is 4.90 Å². The number of carbonyl (C=O) groups excluding carboxylic acids is 1. The van der Waals surface area contributed by atoms with E-state index < -0.39 is 28.6 Å². The summed E-state index contributed by atoms with van der Waals surface area (Å²) in [4.78, 5) is 26.1. The van der Waals surface area contributed by atoms with Crippen LogP contribution in [-0.4, -0.2) is 38.1 Å². The Hall–Kier alpha value is -1.88. The Bertz CT molecular complexity index is 540. The van der Waals surface area contributed by atoms with E-state index in [0.29, 0.717) is 0 Å². The van der Waals surface area contributed by atoms with Gasteiger partial charge in [-0.1, -0.05) is 30.3 Å². The van der Waals surface area contributed by atoms with Gasteiger partial charge in [0.15, 0.2) is 0 Å². The van der Waals surface area contributed by atoms with Crippen molar-refractivity contribution < 1.29 is 19.8 Å². The molecular formula is C17H25NO4. The first-order valence-electron chi connectivity index (χ1n) is 7.19. The Kier molecular flexibility index (Phi) is 4.73. The molecule has 1 amide bonds. The lowest BCUT2D eigenvalue weighted by Gasteiger charge is -2.47. The Labute approximate surface area is 131 Å². The summed E-state index contributed by atoms with van der Waals surface area (Å²) in [6.45, 7) is 10.9. The molecule has 5 nitrogen and oxygen atoms in total. The molecule has 22 heavy (non-hydrogen) atoms. The largest absolute Gasteiger partial charge is 0.478 e. The van der Waals surface area contributed by atoms with Gasteiger partial charge in [0.25, 0.3) is 11.5 Å². The highest BCUT2D eigenvalue weighted by atomic mass is 16.4. The van der Waals surface area contributed by atoms with Crippen LogP contribution in [0.4, 0.5) is 0 Å². The molecule has 122 valence electrons. The third-order valence-corrected chi connectivity index (χ3v) is 3.36. The van der Waals surface area contributed by atoms with Gasteiger partial charge in [-0.2, -0.15) is 0 Å². The first-order chi connectivity index (χ1) is 9.83. The fourth-order valence-electron chi connectivity index (χ4n) is 2.80. The normalized spacial score (nSPS) is 15.0. The Morgan fingerprint density at radius 3 is 1.64 bits per heavy atom. The van der Waals surface area contributed by atoms with Gasteiger partial charge in [0.2, 0.25) is 0 Å². The molecule has 1 rings (SSSR count). The Morgan fingerprint density at radius 2 is 1.32 bits per heavy atom. The number of nitrogens with zero attached hydrogens (tertiary/aromatic N) is 1. The number of rotatable bonds is 3. The third-order valence-electron chi connectivity index (χ3n) is 3.36. The van der Waals surface area contributed by atoms with Crippen LogP contribution < -0.4 is 0 Å². The molecule has 0 saturated heterocycles. The molecule has 0 fully saturated rings. The average Bonchev–Trinajstić information content (AvgIpc) is 2.34. The number of hydrogen-bond donors (Lipinski definition) is 2. The second-order valence-corrected chi connectivity index (χ2v) is 7.36. The molecule has 0 spiro atoms. The molecule has 0 heterocycles. The molecule has 2 N–H and O–H groups in total. The van der Waals surface area contributed by atoms with Gasteiger partial charge in [-0.05, 0) is 41.5 Å². The summed E-state index contributed by atoms with van der Waals surface area (Å²) >= 11 is 0. The minimum Gasteiger partial charge on any atom is -0.478 e. The SMILES string of the molecule is CC(C)(C)N(C(=O)C(O)(C(=O)O)c1ccccc1)C(C)(C)C. The number of aliphatic carboxylic acids is 1. The molecule has 0 aliphatic carbocycles. The van der Waals surface area contributed by atoms with Crippen molar-refractivity contribution in [3.05, 3.63) is 35.9 Å². The number of carbonyl (C=O) groups is 2. The van der Waals surface area contributed by atoms with E-state index in [1.54, 1.807) is 18.2 Å². The molecule has 1 aromatic rings. The third kappa shape index (κ3) is 3.30. The van der Waals surface area contributed by atoms with Crippen LogP contribution in [0.15, 0.2) is 30.3 Å². The predicted molar refractivity (Wildman–Crippen MR) is 84.3 cm³/mol. The molecule has 0 bridgehead atoms. The summed E-state index contributed by atoms with van der Waals surface area (Å²) in [6, 6.07) is 7.76. The first-order valence-corrected chi connectivity index (χ1v) is 7.19. The first kappa shape index (κ1) is 18.2. The Morgan fingerprint density at radius 1 is 0.909 bits per heavy atom. The van der Waals surface area contributed by atoms with Crippen molar-refractivity contribution in [2.75, 3.05) is 0 Å². The van der Waals surface area contributed by atoms with Crippen molar-refractivity contribution in [3.63, 3.8) is 0 Å². The summed E-state index contributed by atoms with van der Waals surface area (Å²) in [5.74, 6) is -2.42. The fraction of sp³-hybridized carbons (Fsp3) is 0.529. The highest BCUT2D eigenvalue weighted by Crippen LogP contribution is 2.33. The monoisotopic (exact) mass is 307 g/mol. The van der Waals surface area contributed by atoms with Crippen LogP contribution in [0.1, 0.15) is 47.1 Å². The van der Waals surface area contributed by atoms with Gasteiger partial charge < -0.3 is 15.1 Å². The topological polar surface area (TPSA) is 77.8 Å². The molecule has 1 unspecified atom stereocenters. The summed E-state index contributed by atoms with van der Waals surface area (Å²) < 4.78 is 0. The van der Waals surface area contributed by atoms with E-state index in [1.807, 2.05) is 41.5 Å². The van der Waals surface area contributed by atoms with E-state index in [2.05, 4.69) is 0 Å². The number of benzene rings is 1. The fourth-order valence-corrected chi connectivity index (χ4v) is 2.80. The molecule has 1 atom stereocenters. The van der Waals surface area contributed by atoms with E-state index in [9.17, 15) is 19.8 Å². The van der Waals surface area contributed by atoms with Gasteiger partial charge in [0, 0.05) is 16.6 Å². The summed E-state index contributed by atoms with van der Waals surface area (Å²) in [6.07, 6.45) is 0. The lowest BCUT2D eigenvalue weighted by atomic mass is 9.87. The summed E-state index contributed by atoms with van der Waals surface area (Å²) in [7, 11) is 0. The number of aliphatic hydroxyl groups is 1. The van der Waals surface area contributed by atoms with Crippen LogP contribution in [-0.2, 0) is 15.2 Å². The van der Waals surface area contributed by atoms with Crippen LogP contribution in [0.25, 0.3) is 0 Å². The highest BCUT2D eigenvalue weighted by Gasteiger charge is 2.52. The van der Waals surface area contributed by atoms with Gasteiger partial charge >= 0.3 is 5.97 Å². The van der Waals surface area contributed by atoms with E-state index in [4.69, 9.17) is 0 Å². The molecule has 1 aromatic carbocycles. The highest BCUT2D eigenvalue weighted by molar-refractivity contribution is 6.06. The van der Waals surface area contributed by atoms with Gasteiger partial charge in [-0.25, -0.2) is 4.79 Å². The molecule has 0 radical (unpaired) electrons. The predicted octanol–water partition coefficient (Wildman–Crippen LogP) is 2.38. The maximum Gasteiger partial charge on any atom is 0.350 e. The van der Waals surface area contributed by atoms with Crippen LogP contribution in [0.2, 0.25) is 0 Å². The molecule has 0 aromatic heterocycles. The van der Waals surface area contributed by atoms with E-state index in [0.717, 1.165) is 0 Å². The van der Waals surface area contributed by atoms with Crippen LogP contribution in [0, 0.1) is 0 Å². The quantitative estimate of drug-likeness (QED) is 0.841. The number of amides is 1. The van der Waals surface area contributed by atoms with E-state index in [1.165, 1.54) is 17.0 Å². The summed E-state index contributed by atoms with van der Waals surface area (Å²) in [5, 5.41) is 20.3. The van der Waals surface area contributed by atoms with Gasteiger partial charge in [-0.3, -0.25) is 4.79 Å². The molecule has 0 aliphatic heterocycles. The van der Waals surface area contributed by atoms with Crippen molar-refractivity contribution in [3.8, 4) is 0 Å². The molecule has 5 heteroatoms. The van der Waals surface area contributed by atoms with Crippen molar-refractivity contribution in [1.29, 1.82) is 0 Å². The maximum atomic E-state index is 13.0. The second kappa shape index (κ2) is 5.72. The lowest BCUT2D eigenvalue weighted by Crippen LogP contribution is -2.63. The molecular weight excluding hydrogens is 282 g/mol. The molecule has 0 saturated carbocycles. The number of carboxylic acid groups (broad SMARTS) is 1. The molecule has 0 aliphatic rings. The van der Waals surface area contributed by atoms with E-state index >= 15 is 0 Å². The smallest absolute Gasteiger partial charge is 0.350 e. The van der Waals surface area contributed by atoms with E-state index in [-0.39, 0.29) is 5.56 Å². The maximum absolute atomic E-state index is 13.0. The van der Waals surface area contributed by atoms with Crippen molar-refractivity contribution in [2.45, 2.75) is 58.2 Å². The minimum atomic E-state index is -2.61.